The zero-order valence-corrected chi connectivity index (χ0v) is 17.7. The van der Waals surface area contributed by atoms with Gasteiger partial charge in [-0.3, -0.25) is 14.5 Å². The number of carbonyl (C=O) groups excluding carboxylic acids is 2. The van der Waals surface area contributed by atoms with Crippen molar-refractivity contribution in [3.05, 3.63) is 63.6 Å². The molecule has 0 aliphatic heterocycles. The Labute approximate surface area is 182 Å². The average Bonchev–Trinajstić information content (AvgIpc) is 2.62. The number of amides is 2. The number of benzene rings is 2. The molecular weight excluding hydrogens is 442 g/mol. The van der Waals surface area contributed by atoms with E-state index in [1.54, 1.807) is 31.3 Å². The highest BCUT2D eigenvalue weighted by Gasteiger charge is 2.33. The number of nitrogens with zero attached hydrogens (tertiary/aromatic N) is 1. The molecule has 0 unspecified atom stereocenters. The zero-order chi connectivity index (χ0) is 22.5. The Morgan fingerprint density at radius 3 is 2.23 bits per heavy atom. The lowest BCUT2D eigenvalue weighted by Gasteiger charge is -2.19. The van der Waals surface area contributed by atoms with Crippen molar-refractivity contribution in [1.29, 1.82) is 0 Å². The van der Waals surface area contributed by atoms with Crippen LogP contribution >= 0.6 is 23.2 Å². The Morgan fingerprint density at radius 2 is 1.63 bits per heavy atom. The number of rotatable bonds is 7. The predicted molar refractivity (Wildman–Crippen MR) is 111 cm³/mol. The van der Waals surface area contributed by atoms with Gasteiger partial charge in [0.15, 0.2) is 0 Å². The van der Waals surface area contributed by atoms with E-state index in [1.165, 1.54) is 11.0 Å². The van der Waals surface area contributed by atoms with Crippen molar-refractivity contribution in [2.45, 2.75) is 19.1 Å². The number of alkyl halides is 3. The summed E-state index contributed by atoms with van der Waals surface area (Å²) in [6.07, 6.45) is -4.63. The van der Waals surface area contributed by atoms with Crippen molar-refractivity contribution < 1.29 is 22.8 Å². The minimum absolute atomic E-state index is 0.0362. The summed E-state index contributed by atoms with van der Waals surface area (Å²) in [6, 6.07) is 9.88. The molecule has 162 valence electrons. The van der Waals surface area contributed by atoms with Gasteiger partial charge in [-0.1, -0.05) is 35.3 Å². The summed E-state index contributed by atoms with van der Waals surface area (Å²) in [6.45, 7) is 1.55. The van der Waals surface area contributed by atoms with Crippen molar-refractivity contribution in [2.75, 3.05) is 25.5 Å². The van der Waals surface area contributed by atoms with E-state index in [0.29, 0.717) is 5.02 Å². The normalized spacial score (nSPS) is 12.5. The van der Waals surface area contributed by atoms with Crippen LogP contribution in [-0.2, 0) is 15.8 Å². The fourth-order valence-corrected chi connectivity index (χ4v) is 3.04. The van der Waals surface area contributed by atoms with Gasteiger partial charge in [-0.25, -0.2) is 0 Å². The first-order valence-corrected chi connectivity index (χ1v) is 9.61. The third-order valence-corrected chi connectivity index (χ3v) is 4.71. The number of anilines is 1. The minimum atomic E-state index is -4.63. The van der Waals surface area contributed by atoms with E-state index in [-0.39, 0.29) is 30.7 Å². The number of hydrogen-bond acceptors (Lipinski definition) is 3. The topological polar surface area (TPSA) is 61.4 Å². The van der Waals surface area contributed by atoms with Gasteiger partial charge in [0.25, 0.3) is 0 Å². The van der Waals surface area contributed by atoms with Crippen molar-refractivity contribution in [3.8, 4) is 0 Å². The fraction of sp³-hybridized carbons (Fsp3) is 0.300. The SMILES string of the molecule is C[C@H](NC(=O)CN(C)CC(=O)Nc1ccc(Cl)c(C(F)(F)F)c1)c1ccc(Cl)cc1. The summed E-state index contributed by atoms with van der Waals surface area (Å²) < 4.78 is 38.7. The smallest absolute Gasteiger partial charge is 0.348 e. The summed E-state index contributed by atoms with van der Waals surface area (Å²) >= 11 is 11.4. The minimum Gasteiger partial charge on any atom is -0.348 e. The third-order valence-electron chi connectivity index (χ3n) is 4.13. The van der Waals surface area contributed by atoms with E-state index in [0.717, 1.165) is 17.7 Å². The summed E-state index contributed by atoms with van der Waals surface area (Å²) in [5.41, 5.74) is -0.201. The van der Waals surface area contributed by atoms with Crippen molar-refractivity contribution >= 4 is 40.7 Å². The molecule has 10 heteroatoms. The van der Waals surface area contributed by atoms with Crippen LogP contribution in [0.25, 0.3) is 0 Å². The van der Waals surface area contributed by atoms with Crippen LogP contribution in [0, 0.1) is 0 Å². The molecule has 0 saturated carbocycles. The molecule has 2 aromatic rings. The summed E-state index contributed by atoms with van der Waals surface area (Å²) in [7, 11) is 1.55. The van der Waals surface area contributed by atoms with Crippen LogP contribution in [0.1, 0.15) is 24.1 Å². The van der Waals surface area contributed by atoms with Gasteiger partial charge in [-0.05, 0) is 49.9 Å². The van der Waals surface area contributed by atoms with Gasteiger partial charge >= 0.3 is 6.18 Å². The Bertz CT molecular complexity index is 905. The first kappa shape index (κ1) is 24.0. The van der Waals surface area contributed by atoms with Gasteiger partial charge in [-0.15, -0.1) is 0 Å². The van der Waals surface area contributed by atoms with E-state index >= 15 is 0 Å². The average molecular weight is 462 g/mol. The summed E-state index contributed by atoms with van der Waals surface area (Å²) in [4.78, 5) is 25.7. The molecule has 2 N–H and O–H groups in total. The van der Waals surface area contributed by atoms with Gasteiger partial charge in [0.1, 0.15) is 0 Å². The van der Waals surface area contributed by atoms with Gasteiger partial charge < -0.3 is 10.6 Å². The molecule has 0 aliphatic carbocycles. The number of carbonyl (C=O) groups is 2. The van der Waals surface area contributed by atoms with E-state index in [9.17, 15) is 22.8 Å². The maximum atomic E-state index is 12.9. The van der Waals surface area contributed by atoms with Crippen LogP contribution in [-0.4, -0.2) is 36.9 Å². The van der Waals surface area contributed by atoms with Crippen LogP contribution in [0.4, 0.5) is 18.9 Å². The maximum absolute atomic E-state index is 12.9. The van der Waals surface area contributed by atoms with Crippen LogP contribution < -0.4 is 10.6 Å². The Kier molecular flexibility index (Phi) is 8.11. The lowest BCUT2D eigenvalue weighted by molar-refractivity contribution is -0.137. The second kappa shape index (κ2) is 10.1. The highest BCUT2D eigenvalue weighted by Crippen LogP contribution is 2.36. The molecule has 2 rings (SSSR count). The van der Waals surface area contributed by atoms with E-state index < -0.39 is 22.7 Å². The van der Waals surface area contributed by atoms with Crippen molar-refractivity contribution in [1.82, 2.24) is 10.2 Å². The van der Waals surface area contributed by atoms with Gasteiger partial charge in [0, 0.05) is 10.7 Å². The molecule has 0 saturated heterocycles. The van der Waals surface area contributed by atoms with Gasteiger partial charge in [0.05, 0.1) is 29.7 Å². The largest absolute Gasteiger partial charge is 0.417 e. The van der Waals surface area contributed by atoms with Gasteiger partial charge in [-0.2, -0.15) is 13.2 Å². The summed E-state index contributed by atoms with van der Waals surface area (Å²) in [5, 5.41) is 5.31. The molecule has 2 aromatic carbocycles. The highest BCUT2D eigenvalue weighted by atomic mass is 35.5. The molecule has 0 spiro atoms. The van der Waals surface area contributed by atoms with E-state index in [1.807, 2.05) is 6.92 Å². The standard InChI is InChI=1S/C20H20Cl2F3N3O2/c1-12(13-3-5-14(21)6-4-13)26-18(29)10-28(2)11-19(30)27-15-7-8-17(22)16(9-15)20(23,24)25/h3-9,12H,10-11H2,1-2H3,(H,26,29)(H,27,30)/t12-/m0/s1. The zero-order valence-electron chi connectivity index (χ0n) is 16.2. The molecule has 0 bridgehead atoms. The molecule has 0 aliphatic rings. The lowest BCUT2D eigenvalue weighted by Crippen LogP contribution is -2.39. The molecule has 2 amide bonds. The molecule has 0 fully saturated rings. The first-order valence-electron chi connectivity index (χ1n) is 8.85. The Hall–Kier alpha value is -2.29. The van der Waals surface area contributed by atoms with Crippen LogP contribution in [0.5, 0.6) is 0 Å². The highest BCUT2D eigenvalue weighted by molar-refractivity contribution is 6.31. The second-order valence-electron chi connectivity index (χ2n) is 6.75. The van der Waals surface area contributed by atoms with Crippen LogP contribution in [0.2, 0.25) is 10.0 Å². The lowest BCUT2D eigenvalue weighted by atomic mass is 10.1. The van der Waals surface area contributed by atoms with E-state index in [4.69, 9.17) is 23.2 Å². The van der Waals surface area contributed by atoms with Crippen LogP contribution in [0.3, 0.4) is 0 Å². The number of hydrogen-bond donors (Lipinski definition) is 2. The number of likely N-dealkylation sites (N-methyl/N-ethyl adjacent to an activating group) is 1. The second-order valence-corrected chi connectivity index (χ2v) is 7.60. The molecule has 5 nitrogen and oxygen atoms in total. The Balaban J connectivity index is 1.87. The monoisotopic (exact) mass is 461 g/mol. The molecule has 0 radical (unpaired) electrons. The fourth-order valence-electron chi connectivity index (χ4n) is 2.69. The molecule has 0 aromatic heterocycles. The van der Waals surface area contributed by atoms with Crippen molar-refractivity contribution in [2.24, 2.45) is 0 Å². The third kappa shape index (κ3) is 7.19. The Morgan fingerprint density at radius 1 is 1.03 bits per heavy atom. The van der Waals surface area contributed by atoms with Gasteiger partial charge in [0.2, 0.25) is 11.8 Å². The molecular formula is C20H20Cl2F3N3O2. The molecule has 0 heterocycles. The maximum Gasteiger partial charge on any atom is 0.417 e. The van der Waals surface area contributed by atoms with Crippen molar-refractivity contribution in [3.63, 3.8) is 0 Å². The number of nitrogens with one attached hydrogen (secondary N) is 2. The number of halogens is 5. The predicted octanol–water partition coefficient (Wildman–Crippen LogP) is 4.76. The summed E-state index contributed by atoms with van der Waals surface area (Å²) in [5.74, 6) is -0.870. The van der Waals surface area contributed by atoms with Crippen LogP contribution in [0.15, 0.2) is 42.5 Å². The quantitative estimate of drug-likeness (QED) is 0.624. The molecule has 1 atom stereocenters. The first-order chi connectivity index (χ1) is 14.0. The van der Waals surface area contributed by atoms with E-state index in [2.05, 4.69) is 10.6 Å². The molecule has 30 heavy (non-hydrogen) atoms.